The van der Waals surface area contributed by atoms with Crippen molar-refractivity contribution in [2.45, 2.75) is 154 Å². The summed E-state index contributed by atoms with van der Waals surface area (Å²) in [4.78, 5) is 4.08. The highest BCUT2D eigenvalue weighted by Crippen LogP contribution is 2.35. The summed E-state index contributed by atoms with van der Waals surface area (Å²) >= 11 is 0. The van der Waals surface area contributed by atoms with E-state index < -0.39 is 180 Å². The highest BCUT2D eigenvalue weighted by atomic mass is 16.8. The summed E-state index contributed by atoms with van der Waals surface area (Å²) in [6.07, 6.45) is -43.7. The van der Waals surface area contributed by atoms with E-state index in [0.29, 0.717) is 5.82 Å². The average molecular weight is 905 g/mol. The molecular formula is C35H56N2O25. The Balaban J connectivity index is 1.07. The van der Waals surface area contributed by atoms with Crippen molar-refractivity contribution in [3.63, 3.8) is 0 Å². The Morgan fingerprint density at radius 3 is 1.15 bits per heavy atom. The van der Waals surface area contributed by atoms with Gasteiger partial charge in [-0.3, -0.25) is 0 Å². The molecule has 0 aliphatic carbocycles. The van der Waals surface area contributed by atoms with Gasteiger partial charge in [0.05, 0.1) is 26.4 Å². The summed E-state index contributed by atoms with van der Waals surface area (Å²) in [5, 5.41) is 172. The van der Waals surface area contributed by atoms with Crippen molar-refractivity contribution in [2.75, 3.05) is 38.3 Å². The van der Waals surface area contributed by atoms with Crippen LogP contribution in [0.15, 0.2) is 24.4 Å². The highest BCUT2D eigenvalue weighted by molar-refractivity contribution is 5.33. The molecule has 17 N–H and O–H groups in total. The number of pyridine rings is 1. The minimum absolute atomic E-state index is 0.133. The molecule has 0 amide bonds. The van der Waals surface area contributed by atoms with Gasteiger partial charge in [0.2, 0.25) is 0 Å². The number of anilines is 1. The van der Waals surface area contributed by atoms with Gasteiger partial charge >= 0.3 is 0 Å². The van der Waals surface area contributed by atoms with E-state index in [9.17, 15) is 81.7 Å². The van der Waals surface area contributed by atoms with Crippen LogP contribution in [0, 0.1) is 0 Å². The Hall–Kier alpha value is -2.05. The molecule has 356 valence electrons. The van der Waals surface area contributed by atoms with Crippen molar-refractivity contribution >= 4 is 5.82 Å². The maximum atomic E-state index is 11.2. The van der Waals surface area contributed by atoms with E-state index in [1.54, 1.807) is 18.2 Å². The lowest BCUT2D eigenvalue weighted by Crippen LogP contribution is -2.68. The van der Waals surface area contributed by atoms with Crippen LogP contribution in [0.2, 0.25) is 0 Å². The SMILES string of the molecule is OC[C@H]1O[C@H](O[C@H]2[C@H](O)[C@@H](O)[C@@H](O[C@H]3[C@H](O)[C@@H](O)[C@@H](O[C@H]4[C@H](O)[C@@H](O)C(O)O[C@@H]4CO)O[C@@H]3CO)O[C@@H]2CO)[C@H](O)[C@@H](O)[C@@H]1O[C@H]1O[C@H](CNc2ccccn2)[C@@H](O)[C@H](O)[C@H]1O. The second kappa shape index (κ2) is 21.5. The molecule has 27 heteroatoms. The highest BCUT2D eigenvalue weighted by Gasteiger charge is 2.56. The van der Waals surface area contributed by atoms with Crippen molar-refractivity contribution in [3.8, 4) is 0 Å². The lowest BCUT2D eigenvalue weighted by atomic mass is 9.95. The molecule has 5 aliphatic heterocycles. The Morgan fingerprint density at radius 1 is 0.419 bits per heavy atom. The first-order valence-corrected chi connectivity index (χ1v) is 19.7. The molecule has 5 saturated heterocycles. The number of aromatic nitrogens is 1. The number of hydrogen-bond donors (Lipinski definition) is 17. The van der Waals surface area contributed by atoms with Crippen LogP contribution >= 0.6 is 0 Å². The maximum absolute atomic E-state index is 11.2. The Bertz CT molecular complexity index is 1510. The largest absolute Gasteiger partial charge is 0.394 e. The number of hydrogen-bond acceptors (Lipinski definition) is 27. The van der Waals surface area contributed by atoms with E-state index in [4.69, 9.17) is 42.6 Å². The van der Waals surface area contributed by atoms with Gasteiger partial charge in [-0.1, -0.05) is 6.07 Å². The number of nitrogens with zero attached hydrogens (tertiary/aromatic N) is 1. The number of aliphatic hydroxyl groups excluding tert-OH is 16. The summed E-state index contributed by atoms with van der Waals surface area (Å²) in [7, 11) is 0. The van der Waals surface area contributed by atoms with E-state index in [2.05, 4.69) is 10.3 Å². The normalized spacial score (nSPS) is 49.1. The van der Waals surface area contributed by atoms with Gasteiger partial charge < -0.3 is 130 Å². The fourth-order valence-electron chi connectivity index (χ4n) is 7.72. The minimum Gasteiger partial charge on any atom is -0.394 e. The molecule has 25 atom stereocenters. The van der Waals surface area contributed by atoms with Crippen molar-refractivity contribution in [2.24, 2.45) is 0 Å². The quantitative estimate of drug-likeness (QED) is 0.0777. The molecule has 0 bridgehead atoms. The predicted octanol–water partition coefficient (Wildman–Crippen LogP) is -10.4. The van der Waals surface area contributed by atoms with Crippen molar-refractivity contribution < 1.29 is 124 Å². The van der Waals surface area contributed by atoms with Crippen molar-refractivity contribution in [3.05, 3.63) is 24.4 Å². The number of aliphatic hydroxyl groups is 16. The second-order valence-corrected chi connectivity index (χ2v) is 15.4. The molecule has 27 nitrogen and oxygen atoms in total. The maximum Gasteiger partial charge on any atom is 0.187 e. The van der Waals surface area contributed by atoms with Crippen LogP contribution in [0.25, 0.3) is 0 Å². The summed E-state index contributed by atoms with van der Waals surface area (Å²) in [6.45, 7) is -3.81. The summed E-state index contributed by atoms with van der Waals surface area (Å²) in [6, 6.07) is 4.98. The minimum atomic E-state index is -2.12. The molecule has 1 aromatic heterocycles. The monoisotopic (exact) mass is 904 g/mol. The van der Waals surface area contributed by atoms with Gasteiger partial charge in [0.1, 0.15) is 128 Å². The van der Waals surface area contributed by atoms with Gasteiger partial charge in [0, 0.05) is 12.7 Å². The first-order chi connectivity index (χ1) is 29.5. The smallest absolute Gasteiger partial charge is 0.187 e. The zero-order valence-electron chi connectivity index (χ0n) is 32.6. The molecule has 0 aromatic carbocycles. The lowest BCUT2D eigenvalue weighted by Gasteiger charge is -2.49. The fraction of sp³-hybridized carbons (Fsp3) is 0.857. The zero-order chi connectivity index (χ0) is 45.2. The van der Waals surface area contributed by atoms with Crippen molar-refractivity contribution in [1.29, 1.82) is 0 Å². The van der Waals surface area contributed by atoms with Crippen LogP contribution in [-0.4, -0.2) is 273 Å². The molecule has 6 rings (SSSR count). The molecule has 1 aromatic rings. The molecular weight excluding hydrogens is 848 g/mol. The Morgan fingerprint density at radius 2 is 0.774 bits per heavy atom. The fourth-order valence-corrected chi connectivity index (χ4v) is 7.72. The van der Waals surface area contributed by atoms with Gasteiger partial charge in [0.25, 0.3) is 0 Å². The van der Waals surface area contributed by atoms with Gasteiger partial charge in [-0.05, 0) is 12.1 Å². The van der Waals surface area contributed by atoms with Gasteiger partial charge in [-0.25, -0.2) is 4.98 Å². The molecule has 0 radical (unpaired) electrons. The van der Waals surface area contributed by atoms with Crippen LogP contribution in [-0.2, 0) is 42.6 Å². The summed E-state index contributed by atoms with van der Waals surface area (Å²) in [5.74, 6) is 0.394. The van der Waals surface area contributed by atoms with Crippen LogP contribution in [0.3, 0.4) is 0 Å². The standard InChI is InChI=1S/C35H56N2O25/c38-6-11-27(18(44)22(48)31(53)54-11)59-33-24(50)20(46)29(13(8-40)56-33)61-35-26(52)21(47)30(14(9-41)58-35)62-34-25(51)19(45)28(12(7-39)57-34)60-32-23(49)17(43)16(42)10(55-32)5-37-15-3-1-2-4-36-15/h1-4,10-14,16-35,38-53H,5-9H2,(H,36,37)/t10-,11-,12-,13-,14-,16-,17+,18-,19-,20-,21-,22-,23-,24-,25-,26-,27-,28-,29-,30-,31?,32-,33-,34-,35-/m1/s1. The van der Waals surface area contributed by atoms with Gasteiger partial charge in [-0.2, -0.15) is 0 Å². The van der Waals surface area contributed by atoms with E-state index >= 15 is 0 Å². The van der Waals surface area contributed by atoms with Crippen LogP contribution < -0.4 is 5.32 Å². The van der Waals surface area contributed by atoms with E-state index in [1.165, 1.54) is 6.20 Å². The van der Waals surface area contributed by atoms with Crippen LogP contribution in [0.4, 0.5) is 5.82 Å². The number of nitrogens with one attached hydrogen (secondary N) is 1. The van der Waals surface area contributed by atoms with Gasteiger partial charge in [0.15, 0.2) is 31.5 Å². The van der Waals surface area contributed by atoms with E-state index in [-0.39, 0.29) is 6.54 Å². The number of rotatable bonds is 15. The zero-order valence-corrected chi connectivity index (χ0v) is 32.6. The van der Waals surface area contributed by atoms with E-state index in [0.717, 1.165) is 0 Å². The summed E-state index contributed by atoms with van der Waals surface area (Å²) < 4.78 is 50.1. The lowest BCUT2D eigenvalue weighted by molar-refractivity contribution is -0.392. The topological polar surface area (TPSA) is 432 Å². The molecule has 62 heavy (non-hydrogen) atoms. The third kappa shape index (κ3) is 10.3. The molecule has 0 saturated carbocycles. The van der Waals surface area contributed by atoms with Crippen LogP contribution in [0.5, 0.6) is 0 Å². The van der Waals surface area contributed by atoms with E-state index in [1.807, 2.05) is 0 Å². The summed E-state index contributed by atoms with van der Waals surface area (Å²) in [5.41, 5.74) is 0. The third-order valence-corrected chi connectivity index (χ3v) is 11.3. The second-order valence-electron chi connectivity index (χ2n) is 15.4. The molecule has 6 heterocycles. The van der Waals surface area contributed by atoms with Crippen molar-refractivity contribution in [1.82, 2.24) is 4.98 Å². The molecule has 1 unspecified atom stereocenters. The molecule has 0 spiro atoms. The predicted molar refractivity (Wildman–Crippen MR) is 192 cm³/mol. The third-order valence-electron chi connectivity index (χ3n) is 11.3. The first-order valence-electron chi connectivity index (χ1n) is 19.7. The van der Waals surface area contributed by atoms with Crippen LogP contribution in [0.1, 0.15) is 0 Å². The molecule has 5 fully saturated rings. The number of ether oxygens (including phenoxy) is 9. The van der Waals surface area contributed by atoms with Gasteiger partial charge in [-0.15, -0.1) is 0 Å². The Kier molecular flexibility index (Phi) is 17.1. The average Bonchev–Trinajstić information content (AvgIpc) is 3.27. The first kappa shape index (κ1) is 49.4. The molecule has 5 aliphatic rings. The Labute approximate surface area is 351 Å².